The minimum Gasteiger partial charge on any atom is -0.481 e. The fourth-order valence-electron chi connectivity index (χ4n) is 2.22. The van der Waals surface area contributed by atoms with E-state index in [0.29, 0.717) is 36.9 Å². The fourth-order valence-corrected chi connectivity index (χ4v) is 2.22. The highest BCUT2D eigenvalue weighted by atomic mass is 16.5. The molecule has 0 amide bonds. The predicted octanol–water partition coefficient (Wildman–Crippen LogP) is 1.59. The fraction of sp³-hybridized carbons (Fsp3) is 0.688. The molecule has 0 aromatic carbocycles. The van der Waals surface area contributed by atoms with E-state index in [-0.39, 0.29) is 18.7 Å². The summed E-state index contributed by atoms with van der Waals surface area (Å²) in [5, 5.41) is 8.92. The summed E-state index contributed by atoms with van der Waals surface area (Å²) in [6.45, 7) is 8.37. The van der Waals surface area contributed by atoms with Crippen molar-refractivity contribution in [2.24, 2.45) is 4.99 Å². The third-order valence-corrected chi connectivity index (χ3v) is 3.55. The Morgan fingerprint density at radius 1 is 1.22 bits per heavy atom. The molecular weight excluding hydrogens is 298 g/mol. The van der Waals surface area contributed by atoms with Crippen molar-refractivity contribution in [2.75, 3.05) is 13.2 Å². The second kappa shape index (κ2) is 9.29. The van der Waals surface area contributed by atoms with Crippen molar-refractivity contribution in [3.8, 4) is 0 Å². The molecule has 0 aliphatic heterocycles. The summed E-state index contributed by atoms with van der Waals surface area (Å²) >= 11 is 0. The SMILES string of the molecule is CCCCOC(C)=Nc1c(C)c(=O)n(CCCO)c(=O)n1CC. The molecule has 0 atom stereocenters. The first-order valence-electron chi connectivity index (χ1n) is 8.11. The van der Waals surface area contributed by atoms with E-state index in [1.807, 2.05) is 6.92 Å². The standard InChI is InChI=1S/C16H27N3O4/c1-5-7-11-23-13(4)17-14-12(3)15(21)19(9-8-10-20)16(22)18(14)6-2/h20H,5-11H2,1-4H3. The number of aliphatic imine (C=N–C) groups is 1. The van der Waals surface area contributed by atoms with E-state index in [4.69, 9.17) is 9.84 Å². The van der Waals surface area contributed by atoms with Gasteiger partial charge in [0, 0.05) is 26.6 Å². The van der Waals surface area contributed by atoms with E-state index >= 15 is 0 Å². The number of unbranched alkanes of at least 4 members (excludes halogenated alkanes) is 1. The van der Waals surface area contributed by atoms with Crippen molar-refractivity contribution in [2.45, 2.75) is 60.0 Å². The highest BCUT2D eigenvalue weighted by Crippen LogP contribution is 2.14. The van der Waals surface area contributed by atoms with Crippen molar-refractivity contribution in [3.63, 3.8) is 0 Å². The highest BCUT2D eigenvalue weighted by Gasteiger charge is 2.15. The van der Waals surface area contributed by atoms with Gasteiger partial charge in [-0.2, -0.15) is 4.99 Å². The van der Waals surface area contributed by atoms with Crippen molar-refractivity contribution in [3.05, 3.63) is 26.4 Å². The van der Waals surface area contributed by atoms with E-state index in [9.17, 15) is 9.59 Å². The van der Waals surface area contributed by atoms with Gasteiger partial charge in [0.2, 0.25) is 0 Å². The molecule has 1 N–H and O–H groups in total. The average molecular weight is 325 g/mol. The third-order valence-electron chi connectivity index (χ3n) is 3.55. The third kappa shape index (κ3) is 4.79. The first-order valence-corrected chi connectivity index (χ1v) is 8.11. The molecule has 0 unspecified atom stereocenters. The van der Waals surface area contributed by atoms with Crippen LogP contribution in [0.5, 0.6) is 0 Å². The number of aliphatic hydroxyl groups excluding tert-OH is 1. The molecule has 0 saturated heterocycles. The second-order valence-corrected chi connectivity index (χ2v) is 5.34. The Bertz CT molecular complexity index is 659. The lowest BCUT2D eigenvalue weighted by Gasteiger charge is -2.14. The molecule has 1 heterocycles. The lowest BCUT2D eigenvalue weighted by atomic mass is 10.3. The minimum atomic E-state index is -0.406. The molecule has 0 aliphatic rings. The van der Waals surface area contributed by atoms with Gasteiger partial charge in [-0.15, -0.1) is 0 Å². The molecule has 130 valence electrons. The Kier molecular flexibility index (Phi) is 7.74. The van der Waals surface area contributed by atoms with Gasteiger partial charge >= 0.3 is 5.69 Å². The van der Waals surface area contributed by atoms with Gasteiger partial charge in [-0.25, -0.2) is 4.79 Å². The van der Waals surface area contributed by atoms with Crippen LogP contribution in [0.25, 0.3) is 0 Å². The average Bonchev–Trinajstić information content (AvgIpc) is 2.53. The zero-order valence-electron chi connectivity index (χ0n) is 14.5. The smallest absolute Gasteiger partial charge is 0.332 e. The Labute approximate surface area is 136 Å². The topological polar surface area (TPSA) is 85.8 Å². The van der Waals surface area contributed by atoms with Crippen molar-refractivity contribution >= 4 is 11.7 Å². The maximum atomic E-state index is 12.5. The van der Waals surface area contributed by atoms with Gasteiger partial charge in [0.05, 0.1) is 12.2 Å². The monoisotopic (exact) mass is 325 g/mol. The lowest BCUT2D eigenvalue weighted by Crippen LogP contribution is -2.41. The number of aromatic nitrogens is 2. The predicted molar refractivity (Wildman–Crippen MR) is 90.7 cm³/mol. The van der Waals surface area contributed by atoms with E-state index in [1.165, 1.54) is 4.57 Å². The number of hydrogen-bond donors (Lipinski definition) is 1. The number of hydrogen-bond acceptors (Lipinski definition) is 5. The Morgan fingerprint density at radius 3 is 2.48 bits per heavy atom. The van der Waals surface area contributed by atoms with Gasteiger partial charge in [0.25, 0.3) is 5.56 Å². The highest BCUT2D eigenvalue weighted by molar-refractivity contribution is 5.76. The van der Waals surface area contributed by atoms with Crippen LogP contribution in [0.15, 0.2) is 14.6 Å². The van der Waals surface area contributed by atoms with Crippen LogP contribution in [0.2, 0.25) is 0 Å². The molecular formula is C16H27N3O4. The first-order chi connectivity index (χ1) is 11.0. The molecule has 0 radical (unpaired) electrons. The molecule has 1 rings (SSSR count). The molecule has 0 fully saturated rings. The maximum absolute atomic E-state index is 12.5. The van der Waals surface area contributed by atoms with Gasteiger partial charge in [-0.05, 0) is 26.7 Å². The number of ether oxygens (including phenoxy) is 1. The van der Waals surface area contributed by atoms with E-state index in [1.54, 1.807) is 13.8 Å². The number of rotatable bonds is 8. The number of nitrogens with zero attached hydrogens (tertiary/aromatic N) is 3. The molecule has 0 spiro atoms. The van der Waals surface area contributed by atoms with Crippen LogP contribution >= 0.6 is 0 Å². The summed E-state index contributed by atoms with van der Waals surface area (Å²) in [7, 11) is 0. The van der Waals surface area contributed by atoms with Gasteiger partial charge in [0.1, 0.15) is 5.82 Å². The van der Waals surface area contributed by atoms with Crippen LogP contribution in [-0.2, 0) is 17.8 Å². The van der Waals surface area contributed by atoms with Gasteiger partial charge in [-0.3, -0.25) is 13.9 Å². The van der Waals surface area contributed by atoms with Gasteiger partial charge < -0.3 is 9.84 Å². The largest absolute Gasteiger partial charge is 0.481 e. The molecule has 1 aromatic rings. The van der Waals surface area contributed by atoms with E-state index in [2.05, 4.69) is 11.9 Å². The van der Waals surface area contributed by atoms with Crippen LogP contribution in [0.4, 0.5) is 5.82 Å². The van der Waals surface area contributed by atoms with Crippen LogP contribution in [0, 0.1) is 6.92 Å². The Hall–Kier alpha value is -1.89. The molecule has 7 nitrogen and oxygen atoms in total. The van der Waals surface area contributed by atoms with Crippen molar-refractivity contribution in [1.29, 1.82) is 0 Å². The second-order valence-electron chi connectivity index (χ2n) is 5.34. The summed E-state index contributed by atoms with van der Waals surface area (Å²) in [4.78, 5) is 29.2. The minimum absolute atomic E-state index is 0.0681. The zero-order valence-corrected chi connectivity index (χ0v) is 14.5. The van der Waals surface area contributed by atoms with Crippen molar-refractivity contribution < 1.29 is 9.84 Å². The Balaban J connectivity index is 3.30. The normalized spacial score (nSPS) is 11.8. The molecule has 23 heavy (non-hydrogen) atoms. The maximum Gasteiger partial charge on any atom is 0.332 e. The molecule has 0 bridgehead atoms. The van der Waals surface area contributed by atoms with Gasteiger partial charge in [-0.1, -0.05) is 13.3 Å². The molecule has 7 heteroatoms. The summed E-state index contributed by atoms with van der Waals surface area (Å²) in [6.07, 6.45) is 2.31. The molecule has 1 aromatic heterocycles. The van der Waals surface area contributed by atoms with Crippen LogP contribution < -0.4 is 11.2 Å². The zero-order chi connectivity index (χ0) is 17.4. The van der Waals surface area contributed by atoms with Gasteiger partial charge in [0.15, 0.2) is 5.90 Å². The summed E-state index contributed by atoms with van der Waals surface area (Å²) in [5.41, 5.74) is -0.368. The van der Waals surface area contributed by atoms with Crippen LogP contribution in [-0.4, -0.2) is 33.4 Å². The molecule has 0 aliphatic carbocycles. The van der Waals surface area contributed by atoms with Crippen LogP contribution in [0.1, 0.15) is 45.6 Å². The summed E-state index contributed by atoms with van der Waals surface area (Å²) < 4.78 is 8.12. The van der Waals surface area contributed by atoms with E-state index in [0.717, 1.165) is 17.4 Å². The van der Waals surface area contributed by atoms with Crippen LogP contribution in [0.3, 0.4) is 0 Å². The first kappa shape index (κ1) is 19.2. The quantitative estimate of drug-likeness (QED) is 0.447. The summed E-state index contributed by atoms with van der Waals surface area (Å²) in [6, 6.07) is 0. The van der Waals surface area contributed by atoms with Crippen molar-refractivity contribution in [1.82, 2.24) is 9.13 Å². The van der Waals surface area contributed by atoms with E-state index < -0.39 is 5.69 Å². The summed E-state index contributed by atoms with van der Waals surface area (Å²) in [5.74, 6) is 0.785. The molecule has 0 saturated carbocycles. The number of aliphatic hydroxyl groups is 1. The lowest BCUT2D eigenvalue weighted by molar-refractivity contribution is 0.277. The Morgan fingerprint density at radius 2 is 1.91 bits per heavy atom.